The maximum Gasteiger partial charge on any atom is 0.179 e. The molecule has 3 rings (SSSR count). The average molecular weight is 319 g/mol. The standard InChI is InChI=1S/C14H15BrN4/c15-10-4-3-7-17-13(10)14-18-8-9-11(16)5-1-2-6-12(9)19-14/h3-4,7-8,11H,1-2,5-6,16H2. The SMILES string of the molecule is NC1CCCCc2nc(-c3ncccc3Br)ncc21. The van der Waals surface area contributed by atoms with Crippen LogP contribution in [0.15, 0.2) is 29.0 Å². The van der Waals surface area contributed by atoms with Crippen molar-refractivity contribution in [2.24, 2.45) is 5.73 Å². The van der Waals surface area contributed by atoms with Gasteiger partial charge in [0.05, 0.1) is 0 Å². The lowest BCUT2D eigenvalue weighted by atomic mass is 10.1. The molecule has 0 amide bonds. The van der Waals surface area contributed by atoms with Crippen LogP contribution in [0.5, 0.6) is 0 Å². The molecule has 1 unspecified atom stereocenters. The van der Waals surface area contributed by atoms with Gasteiger partial charge < -0.3 is 5.73 Å². The van der Waals surface area contributed by atoms with E-state index >= 15 is 0 Å². The number of pyridine rings is 1. The molecule has 19 heavy (non-hydrogen) atoms. The monoisotopic (exact) mass is 318 g/mol. The Hall–Kier alpha value is -1.33. The first-order valence-electron chi connectivity index (χ1n) is 6.48. The van der Waals surface area contributed by atoms with Crippen molar-refractivity contribution in [1.82, 2.24) is 15.0 Å². The number of hydrogen-bond acceptors (Lipinski definition) is 4. The van der Waals surface area contributed by atoms with Gasteiger partial charge in [0, 0.05) is 34.2 Å². The normalized spacial score (nSPS) is 18.7. The predicted molar refractivity (Wildman–Crippen MR) is 77.4 cm³/mol. The lowest BCUT2D eigenvalue weighted by Gasteiger charge is -2.12. The molecule has 2 aromatic heterocycles. The number of nitrogens with zero attached hydrogens (tertiary/aromatic N) is 3. The van der Waals surface area contributed by atoms with E-state index in [1.807, 2.05) is 18.3 Å². The van der Waals surface area contributed by atoms with Gasteiger partial charge in [-0.1, -0.05) is 6.42 Å². The van der Waals surface area contributed by atoms with Crippen LogP contribution in [0.1, 0.15) is 36.6 Å². The van der Waals surface area contributed by atoms with Gasteiger partial charge in [-0.25, -0.2) is 9.97 Å². The highest BCUT2D eigenvalue weighted by Crippen LogP contribution is 2.28. The molecule has 0 aliphatic heterocycles. The summed E-state index contributed by atoms with van der Waals surface area (Å²) in [4.78, 5) is 13.4. The molecular weight excluding hydrogens is 304 g/mol. The van der Waals surface area contributed by atoms with E-state index in [2.05, 4.69) is 30.9 Å². The number of aromatic nitrogens is 3. The van der Waals surface area contributed by atoms with Crippen LogP contribution in [0.3, 0.4) is 0 Å². The molecule has 0 spiro atoms. The molecule has 98 valence electrons. The predicted octanol–water partition coefficient (Wildman–Crippen LogP) is 3.03. The van der Waals surface area contributed by atoms with Crippen molar-refractivity contribution in [3.05, 3.63) is 40.3 Å². The van der Waals surface area contributed by atoms with E-state index in [0.29, 0.717) is 5.82 Å². The van der Waals surface area contributed by atoms with E-state index in [-0.39, 0.29) is 6.04 Å². The molecule has 0 fully saturated rings. The van der Waals surface area contributed by atoms with Crippen LogP contribution < -0.4 is 5.73 Å². The minimum absolute atomic E-state index is 0.0683. The summed E-state index contributed by atoms with van der Waals surface area (Å²) in [5, 5.41) is 0. The number of hydrogen-bond donors (Lipinski definition) is 1. The summed E-state index contributed by atoms with van der Waals surface area (Å²) in [7, 11) is 0. The molecule has 5 heteroatoms. The highest BCUT2D eigenvalue weighted by Gasteiger charge is 2.18. The molecule has 0 bridgehead atoms. The third-order valence-electron chi connectivity index (χ3n) is 3.45. The summed E-state index contributed by atoms with van der Waals surface area (Å²) in [6, 6.07) is 3.90. The Kier molecular flexibility index (Phi) is 3.57. The molecule has 0 saturated carbocycles. The van der Waals surface area contributed by atoms with Crippen LogP contribution >= 0.6 is 15.9 Å². The van der Waals surface area contributed by atoms with Crippen molar-refractivity contribution in [2.45, 2.75) is 31.7 Å². The number of halogens is 1. The zero-order chi connectivity index (χ0) is 13.2. The minimum Gasteiger partial charge on any atom is -0.324 e. The number of nitrogens with two attached hydrogens (primary N) is 1. The Bertz CT molecular complexity index is 600. The summed E-state index contributed by atoms with van der Waals surface area (Å²) >= 11 is 3.49. The second-order valence-electron chi connectivity index (χ2n) is 4.78. The Morgan fingerprint density at radius 3 is 3.00 bits per heavy atom. The lowest BCUT2D eigenvalue weighted by Crippen LogP contribution is -2.12. The fourth-order valence-corrected chi connectivity index (χ4v) is 2.85. The van der Waals surface area contributed by atoms with E-state index in [1.54, 1.807) is 6.20 Å². The Balaban J connectivity index is 2.06. The fourth-order valence-electron chi connectivity index (χ4n) is 2.41. The third-order valence-corrected chi connectivity index (χ3v) is 4.09. The topological polar surface area (TPSA) is 64.7 Å². The maximum atomic E-state index is 6.16. The molecular formula is C14H15BrN4. The van der Waals surface area contributed by atoms with E-state index in [4.69, 9.17) is 5.73 Å². The molecule has 1 atom stereocenters. The summed E-state index contributed by atoms with van der Waals surface area (Å²) < 4.78 is 0.910. The van der Waals surface area contributed by atoms with E-state index in [9.17, 15) is 0 Å². The highest BCUT2D eigenvalue weighted by atomic mass is 79.9. The zero-order valence-electron chi connectivity index (χ0n) is 10.5. The van der Waals surface area contributed by atoms with Crippen molar-refractivity contribution in [2.75, 3.05) is 0 Å². The van der Waals surface area contributed by atoms with Gasteiger partial charge in [-0.2, -0.15) is 0 Å². The maximum absolute atomic E-state index is 6.16. The smallest absolute Gasteiger partial charge is 0.179 e. The molecule has 4 nitrogen and oxygen atoms in total. The highest BCUT2D eigenvalue weighted by molar-refractivity contribution is 9.10. The summed E-state index contributed by atoms with van der Waals surface area (Å²) in [6.45, 7) is 0. The fraction of sp³-hybridized carbons (Fsp3) is 0.357. The lowest BCUT2D eigenvalue weighted by molar-refractivity contribution is 0.614. The van der Waals surface area contributed by atoms with Gasteiger partial charge in [0.25, 0.3) is 0 Å². The van der Waals surface area contributed by atoms with Crippen LogP contribution in [-0.2, 0) is 6.42 Å². The van der Waals surface area contributed by atoms with Gasteiger partial charge >= 0.3 is 0 Å². The zero-order valence-corrected chi connectivity index (χ0v) is 12.1. The molecule has 1 aliphatic rings. The summed E-state index contributed by atoms with van der Waals surface area (Å²) in [5.41, 5.74) is 9.11. The van der Waals surface area contributed by atoms with Gasteiger partial charge in [0.15, 0.2) is 5.82 Å². The molecule has 0 radical (unpaired) electrons. The van der Waals surface area contributed by atoms with Crippen LogP contribution in [0, 0.1) is 0 Å². The molecule has 2 aromatic rings. The minimum atomic E-state index is 0.0683. The number of fused-ring (bicyclic) bond motifs is 1. The Morgan fingerprint density at radius 1 is 1.26 bits per heavy atom. The first kappa shape index (κ1) is 12.7. The van der Waals surface area contributed by atoms with E-state index < -0.39 is 0 Å². The third kappa shape index (κ3) is 2.53. The largest absolute Gasteiger partial charge is 0.324 e. The second kappa shape index (κ2) is 5.35. The summed E-state index contributed by atoms with van der Waals surface area (Å²) in [5.74, 6) is 0.667. The van der Waals surface area contributed by atoms with Gasteiger partial charge in [0.2, 0.25) is 0 Å². The van der Waals surface area contributed by atoms with Crippen LogP contribution in [0.2, 0.25) is 0 Å². The van der Waals surface area contributed by atoms with Gasteiger partial charge in [-0.3, -0.25) is 4.98 Å². The second-order valence-corrected chi connectivity index (χ2v) is 5.64. The molecule has 0 saturated heterocycles. The van der Waals surface area contributed by atoms with Crippen LogP contribution in [0.25, 0.3) is 11.5 Å². The molecule has 2 heterocycles. The van der Waals surface area contributed by atoms with Gasteiger partial charge in [-0.05, 0) is 47.3 Å². The van der Waals surface area contributed by atoms with Crippen molar-refractivity contribution in [1.29, 1.82) is 0 Å². The first-order valence-corrected chi connectivity index (χ1v) is 7.27. The number of aryl methyl sites for hydroxylation is 1. The van der Waals surface area contributed by atoms with E-state index in [0.717, 1.165) is 47.1 Å². The van der Waals surface area contributed by atoms with Crippen LogP contribution in [0.4, 0.5) is 0 Å². The average Bonchev–Trinajstić information content (AvgIpc) is 2.61. The van der Waals surface area contributed by atoms with Crippen molar-refractivity contribution >= 4 is 15.9 Å². The van der Waals surface area contributed by atoms with Crippen molar-refractivity contribution < 1.29 is 0 Å². The summed E-state index contributed by atoms with van der Waals surface area (Å²) in [6.07, 6.45) is 7.91. The van der Waals surface area contributed by atoms with Gasteiger partial charge in [-0.15, -0.1) is 0 Å². The van der Waals surface area contributed by atoms with Gasteiger partial charge in [0.1, 0.15) is 5.69 Å². The van der Waals surface area contributed by atoms with Crippen molar-refractivity contribution in [3.63, 3.8) is 0 Å². The quantitative estimate of drug-likeness (QED) is 0.821. The Morgan fingerprint density at radius 2 is 2.16 bits per heavy atom. The van der Waals surface area contributed by atoms with Crippen LogP contribution in [-0.4, -0.2) is 15.0 Å². The molecule has 2 N–H and O–H groups in total. The first-order chi connectivity index (χ1) is 9.25. The van der Waals surface area contributed by atoms with Crippen molar-refractivity contribution in [3.8, 4) is 11.5 Å². The Labute approximate surface area is 120 Å². The molecule has 0 aromatic carbocycles. The van der Waals surface area contributed by atoms with E-state index in [1.165, 1.54) is 0 Å². The molecule has 1 aliphatic carbocycles. The number of rotatable bonds is 1.